The number of ether oxygens (including phenoxy) is 1. The summed E-state index contributed by atoms with van der Waals surface area (Å²) in [6, 6.07) is 19.5. The first-order chi connectivity index (χ1) is 16.6. The number of benzene rings is 2. The van der Waals surface area contributed by atoms with Crippen molar-refractivity contribution in [2.24, 2.45) is 0 Å². The summed E-state index contributed by atoms with van der Waals surface area (Å²) < 4.78 is 5.54. The molecule has 0 spiro atoms. The molecule has 2 aliphatic rings. The molecule has 1 N–H and O–H groups in total. The van der Waals surface area contributed by atoms with Gasteiger partial charge in [0.2, 0.25) is 5.91 Å². The van der Waals surface area contributed by atoms with Gasteiger partial charge in [0.25, 0.3) is 5.91 Å². The summed E-state index contributed by atoms with van der Waals surface area (Å²) in [5, 5.41) is 2.94. The highest BCUT2D eigenvalue weighted by atomic mass is 16.5. The topological polar surface area (TPSA) is 88.6 Å². The van der Waals surface area contributed by atoms with E-state index in [2.05, 4.69) is 10.3 Å². The average Bonchev–Trinajstić information content (AvgIpc) is 3.47. The largest absolute Gasteiger partial charge is 0.368 e. The van der Waals surface area contributed by atoms with Crippen LogP contribution in [0.25, 0.3) is 11.1 Å². The number of ketones is 1. The molecule has 3 unspecified atom stereocenters. The summed E-state index contributed by atoms with van der Waals surface area (Å²) in [4.78, 5) is 45.2. The van der Waals surface area contributed by atoms with Crippen LogP contribution in [0.2, 0.25) is 0 Å². The highest BCUT2D eigenvalue weighted by Gasteiger charge is 2.48. The van der Waals surface area contributed by atoms with E-state index < -0.39 is 12.1 Å². The van der Waals surface area contributed by atoms with Crippen LogP contribution in [0.1, 0.15) is 22.3 Å². The van der Waals surface area contributed by atoms with Gasteiger partial charge in [-0.15, -0.1) is 0 Å². The number of likely N-dealkylation sites (tertiary alicyclic amines) is 1. The minimum atomic E-state index is -0.828. The van der Waals surface area contributed by atoms with Gasteiger partial charge >= 0.3 is 0 Å². The monoisotopic (exact) mass is 455 g/mol. The Balaban J connectivity index is 1.43. The molecule has 3 atom stereocenters. The SMILES string of the molecule is O=C(NC(Cc1ccccc1)C(=O)N1CCC2OCC(=O)C21)c1cnccc1-c1ccccc1. The van der Waals surface area contributed by atoms with Gasteiger partial charge in [0, 0.05) is 25.4 Å². The third kappa shape index (κ3) is 4.34. The highest BCUT2D eigenvalue weighted by molar-refractivity contribution is 6.03. The lowest BCUT2D eigenvalue weighted by atomic mass is 10.00. The van der Waals surface area contributed by atoms with E-state index in [1.807, 2.05) is 60.7 Å². The Morgan fingerprint density at radius 1 is 1.06 bits per heavy atom. The molecule has 2 saturated heterocycles. The molecule has 2 amide bonds. The van der Waals surface area contributed by atoms with Crippen molar-refractivity contribution in [3.8, 4) is 11.1 Å². The van der Waals surface area contributed by atoms with Crippen LogP contribution in [-0.4, -0.2) is 58.8 Å². The standard InChI is InChI=1S/C27H25N3O4/c31-23-17-34-24-12-14-30(25(23)24)27(33)22(15-18-7-3-1-4-8-18)29-26(32)21-16-28-13-11-20(21)19-9-5-2-6-10-19/h1-11,13,16,22,24-25H,12,14-15,17H2,(H,29,32). The van der Waals surface area contributed by atoms with Crippen LogP contribution >= 0.6 is 0 Å². The zero-order valence-corrected chi connectivity index (χ0v) is 18.6. The number of nitrogens with zero attached hydrogens (tertiary/aromatic N) is 2. The molecule has 1 aromatic heterocycles. The van der Waals surface area contributed by atoms with Gasteiger partial charge in [0.05, 0.1) is 11.7 Å². The minimum Gasteiger partial charge on any atom is -0.368 e. The van der Waals surface area contributed by atoms with E-state index in [0.29, 0.717) is 24.9 Å². The number of carbonyl (C=O) groups is 3. The van der Waals surface area contributed by atoms with Crippen LogP contribution in [0.15, 0.2) is 79.1 Å². The van der Waals surface area contributed by atoms with Crippen LogP contribution < -0.4 is 5.32 Å². The molecule has 2 fully saturated rings. The van der Waals surface area contributed by atoms with Crippen molar-refractivity contribution in [3.63, 3.8) is 0 Å². The minimum absolute atomic E-state index is 0.0327. The van der Waals surface area contributed by atoms with Crippen molar-refractivity contribution in [2.75, 3.05) is 13.2 Å². The normalized spacial score (nSPS) is 20.1. The Hall–Kier alpha value is -3.84. The highest BCUT2D eigenvalue weighted by Crippen LogP contribution is 2.28. The molecule has 5 rings (SSSR count). The maximum Gasteiger partial charge on any atom is 0.254 e. The maximum absolute atomic E-state index is 13.6. The number of pyridine rings is 1. The fourth-order valence-corrected chi connectivity index (χ4v) is 4.77. The van der Waals surface area contributed by atoms with E-state index in [-0.39, 0.29) is 30.3 Å². The quantitative estimate of drug-likeness (QED) is 0.617. The summed E-state index contributed by atoms with van der Waals surface area (Å²) in [5.41, 5.74) is 2.93. The third-order valence-corrected chi connectivity index (χ3v) is 6.43. The molecular formula is C27H25N3O4. The lowest BCUT2D eigenvalue weighted by molar-refractivity contribution is -0.138. The van der Waals surface area contributed by atoms with Crippen LogP contribution in [0.4, 0.5) is 0 Å². The fourth-order valence-electron chi connectivity index (χ4n) is 4.77. The molecule has 172 valence electrons. The van der Waals surface area contributed by atoms with Crippen molar-refractivity contribution >= 4 is 17.6 Å². The predicted molar refractivity (Wildman–Crippen MR) is 126 cm³/mol. The smallest absolute Gasteiger partial charge is 0.254 e. The fraction of sp³-hybridized carbons (Fsp3) is 0.259. The zero-order chi connectivity index (χ0) is 23.5. The molecular weight excluding hydrogens is 430 g/mol. The van der Waals surface area contributed by atoms with Crippen molar-refractivity contribution in [1.29, 1.82) is 0 Å². The van der Waals surface area contributed by atoms with Crippen LogP contribution in [0, 0.1) is 0 Å². The third-order valence-electron chi connectivity index (χ3n) is 6.43. The van der Waals surface area contributed by atoms with Crippen molar-refractivity contribution in [1.82, 2.24) is 15.2 Å². The second-order valence-corrected chi connectivity index (χ2v) is 8.58. The lowest BCUT2D eigenvalue weighted by Gasteiger charge is -2.28. The van der Waals surface area contributed by atoms with Gasteiger partial charge in [0.1, 0.15) is 18.7 Å². The van der Waals surface area contributed by atoms with Crippen LogP contribution in [0.5, 0.6) is 0 Å². The van der Waals surface area contributed by atoms with Crippen molar-refractivity contribution in [2.45, 2.75) is 31.0 Å². The molecule has 0 aliphatic carbocycles. The van der Waals surface area contributed by atoms with E-state index in [1.165, 1.54) is 6.20 Å². The van der Waals surface area contributed by atoms with Gasteiger partial charge in [-0.25, -0.2) is 0 Å². The molecule has 2 aliphatic heterocycles. The Kier molecular flexibility index (Phi) is 6.18. The van der Waals surface area contributed by atoms with Gasteiger partial charge in [-0.2, -0.15) is 0 Å². The summed E-state index contributed by atoms with van der Waals surface area (Å²) in [6.45, 7) is 0.466. The number of rotatable bonds is 6. The van der Waals surface area contributed by atoms with Gasteiger partial charge < -0.3 is 15.0 Å². The first-order valence-corrected chi connectivity index (χ1v) is 11.4. The Morgan fingerprint density at radius 3 is 2.56 bits per heavy atom. The molecule has 7 heteroatoms. The van der Waals surface area contributed by atoms with E-state index in [9.17, 15) is 14.4 Å². The first-order valence-electron chi connectivity index (χ1n) is 11.4. The summed E-state index contributed by atoms with van der Waals surface area (Å²) in [6.07, 6.45) is 3.83. The van der Waals surface area contributed by atoms with E-state index in [0.717, 1.165) is 16.7 Å². The van der Waals surface area contributed by atoms with Gasteiger partial charge in [-0.05, 0) is 29.2 Å². The summed E-state index contributed by atoms with van der Waals surface area (Å²) in [7, 11) is 0. The maximum atomic E-state index is 13.6. The number of hydrogen-bond donors (Lipinski definition) is 1. The number of carbonyl (C=O) groups excluding carboxylic acids is 3. The van der Waals surface area contributed by atoms with Gasteiger partial charge in [-0.1, -0.05) is 60.7 Å². The molecule has 3 heterocycles. The molecule has 7 nitrogen and oxygen atoms in total. The van der Waals surface area contributed by atoms with E-state index >= 15 is 0 Å². The van der Waals surface area contributed by atoms with Gasteiger partial charge in [-0.3, -0.25) is 19.4 Å². The number of nitrogens with one attached hydrogen (secondary N) is 1. The Morgan fingerprint density at radius 2 is 1.79 bits per heavy atom. The molecule has 0 bridgehead atoms. The second-order valence-electron chi connectivity index (χ2n) is 8.58. The summed E-state index contributed by atoms with van der Waals surface area (Å²) >= 11 is 0. The number of fused-ring (bicyclic) bond motifs is 1. The Labute approximate surface area is 197 Å². The summed E-state index contributed by atoms with van der Waals surface area (Å²) in [5.74, 6) is -0.737. The number of Topliss-reactive ketones (excluding diaryl/α,β-unsaturated/α-hetero) is 1. The van der Waals surface area contributed by atoms with Crippen molar-refractivity contribution < 1.29 is 19.1 Å². The number of aromatic nitrogens is 1. The first kappa shape index (κ1) is 22.0. The average molecular weight is 456 g/mol. The molecule has 0 radical (unpaired) electrons. The van der Waals surface area contributed by atoms with Crippen LogP contribution in [-0.2, 0) is 20.7 Å². The molecule has 2 aromatic carbocycles. The van der Waals surface area contributed by atoms with Gasteiger partial charge in [0.15, 0.2) is 5.78 Å². The molecule has 34 heavy (non-hydrogen) atoms. The van der Waals surface area contributed by atoms with E-state index in [1.54, 1.807) is 17.2 Å². The Bertz CT molecular complexity index is 1200. The molecule has 0 saturated carbocycles. The number of hydrogen-bond acceptors (Lipinski definition) is 5. The second kappa shape index (κ2) is 9.57. The predicted octanol–water partition coefficient (Wildman–Crippen LogP) is 2.66. The lowest BCUT2D eigenvalue weighted by Crippen LogP contribution is -2.53. The number of amides is 2. The zero-order valence-electron chi connectivity index (χ0n) is 18.6. The van der Waals surface area contributed by atoms with Crippen LogP contribution in [0.3, 0.4) is 0 Å². The van der Waals surface area contributed by atoms with Crippen molar-refractivity contribution in [3.05, 3.63) is 90.3 Å². The van der Waals surface area contributed by atoms with E-state index in [4.69, 9.17) is 4.74 Å². The molecule has 3 aromatic rings.